The van der Waals surface area contributed by atoms with E-state index in [4.69, 9.17) is 0 Å². The highest BCUT2D eigenvalue weighted by Crippen LogP contribution is 2.23. The van der Waals surface area contributed by atoms with Gasteiger partial charge in [0.15, 0.2) is 5.16 Å². The van der Waals surface area contributed by atoms with Crippen molar-refractivity contribution in [1.29, 1.82) is 0 Å². The van der Waals surface area contributed by atoms with Gasteiger partial charge in [0, 0.05) is 18.4 Å². The van der Waals surface area contributed by atoms with Crippen LogP contribution < -0.4 is 5.32 Å². The van der Waals surface area contributed by atoms with Crippen molar-refractivity contribution in [3.63, 3.8) is 0 Å². The van der Waals surface area contributed by atoms with E-state index >= 15 is 0 Å². The van der Waals surface area contributed by atoms with Gasteiger partial charge in [-0.05, 0) is 24.8 Å². The van der Waals surface area contributed by atoms with Crippen molar-refractivity contribution in [3.8, 4) is 0 Å². The van der Waals surface area contributed by atoms with Crippen molar-refractivity contribution in [1.82, 2.24) is 15.3 Å². The second kappa shape index (κ2) is 6.73. The van der Waals surface area contributed by atoms with Crippen LogP contribution in [0, 0.1) is 5.92 Å². The molecule has 1 heterocycles. The summed E-state index contributed by atoms with van der Waals surface area (Å²) in [7, 11) is 0. The van der Waals surface area contributed by atoms with Gasteiger partial charge in [-0.25, -0.2) is 9.97 Å². The second-order valence-electron chi connectivity index (χ2n) is 4.76. The fourth-order valence-corrected chi connectivity index (χ4v) is 2.88. The molecule has 18 heavy (non-hydrogen) atoms. The van der Waals surface area contributed by atoms with Crippen LogP contribution in [0.3, 0.4) is 0 Å². The molecule has 0 aliphatic heterocycles. The van der Waals surface area contributed by atoms with Gasteiger partial charge in [0.05, 0.1) is 5.75 Å². The van der Waals surface area contributed by atoms with E-state index in [1.54, 1.807) is 18.5 Å². The largest absolute Gasteiger partial charge is 0.352 e. The molecule has 98 valence electrons. The highest BCUT2D eigenvalue weighted by atomic mass is 32.2. The lowest BCUT2D eigenvalue weighted by Gasteiger charge is -2.29. The fourth-order valence-electron chi connectivity index (χ4n) is 2.27. The Balaban J connectivity index is 1.75. The first-order valence-corrected chi connectivity index (χ1v) is 7.43. The van der Waals surface area contributed by atoms with Crippen molar-refractivity contribution in [2.75, 3.05) is 5.75 Å². The van der Waals surface area contributed by atoms with Gasteiger partial charge in [0.25, 0.3) is 0 Å². The average molecular weight is 265 g/mol. The molecule has 0 spiro atoms. The molecule has 1 N–H and O–H groups in total. The van der Waals surface area contributed by atoms with E-state index in [1.165, 1.54) is 31.0 Å². The average Bonchev–Trinajstić information content (AvgIpc) is 2.40. The first-order valence-electron chi connectivity index (χ1n) is 6.45. The molecule has 0 radical (unpaired) electrons. The Morgan fingerprint density at radius 2 is 2.11 bits per heavy atom. The van der Waals surface area contributed by atoms with Crippen molar-refractivity contribution >= 4 is 17.7 Å². The number of nitrogens with one attached hydrogen (secondary N) is 1. The first-order chi connectivity index (χ1) is 8.75. The maximum absolute atomic E-state index is 11.8. The zero-order valence-electron chi connectivity index (χ0n) is 10.6. The summed E-state index contributed by atoms with van der Waals surface area (Å²) in [6.07, 6.45) is 8.23. The maximum Gasteiger partial charge on any atom is 0.230 e. The zero-order chi connectivity index (χ0) is 12.8. The van der Waals surface area contributed by atoms with Crippen LogP contribution in [0.1, 0.15) is 32.6 Å². The third-order valence-electron chi connectivity index (χ3n) is 3.33. The van der Waals surface area contributed by atoms with Crippen molar-refractivity contribution in [2.24, 2.45) is 5.92 Å². The molecule has 0 saturated heterocycles. The Bertz CT molecular complexity index is 385. The van der Waals surface area contributed by atoms with Crippen LogP contribution in [0.4, 0.5) is 0 Å². The summed E-state index contributed by atoms with van der Waals surface area (Å²) in [6.45, 7) is 2.22. The van der Waals surface area contributed by atoms with E-state index in [2.05, 4.69) is 22.2 Å². The van der Waals surface area contributed by atoms with E-state index < -0.39 is 0 Å². The molecule has 1 fully saturated rings. The summed E-state index contributed by atoms with van der Waals surface area (Å²) >= 11 is 1.38. The topological polar surface area (TPSA) is 54.9 Å². The number of rotatable bonds is 4. The lowest BCUT2D eigenvalue weighted by Crippen LogP contribution is -2.41. The molecule has 0 bridgehead atoms. The molecule has 1 aliphatic carbocycles. The third kappa shape index (κ3) is 3.98. The number of carbonyl (C=O) groups is 1. The maximum atomic E-state index is 11.8. The number of hydrogen-bond donors (Lipinski definition) is 1. The summed E-state index contributed by atoms with van der Waals surface area (Å²) in [5, 5.41) is 3.78. The predicted molar refractivity (Wildman–Crippen MR) is 72.3 cm³/mol. The molecule has 0 unspecified atom stereocenters. The van der Waals surface area contributed by atoms with Crippen molar-refractivity contribution in [2.45, 2.75) is 43.8 Å². The standard InChI is InChI=1S/C13H19N3OS/c1-10-5-2-3-6-11(10)16-12(17)9-18-13-14-7-4-8-15-13/h4,7-8,10-11H,2-3,5-6,9H2,1H3,(H,16,17)/t10-,11+/m0/s1. The van der Waals surface area contributed by atoms with E-state index in [-0.39, 0.29) is 5.91 Å². The number of aromatic nitrogens is 2. The zero-order valence-corrected chi connectivity index (χ0v) is 11.4. The summed E-state index contributed by atoms with van der Waals surface area (Å²) < 4.78 is 0. The van der Waals surface area contributed by atoms with E-state index in [0.717, 1.165) is 6.42 Å². The Hall–Kier alpha value is -1.10. The summed E-state index contributed by atoms with van der Waals surface area (Å²) in [5.41, 5.74) is 0. The quantitative estimate of drug-likeness (QED) is 0.670. The summed E-state index contributed by atoms with van der Waals surface area (Å²) in [5.74, 6) is 1.08. The van der Waals surface area contributed by atoms with Crippen LogP contribution in [0.15, 0.2) is 23.6 Å². The van der Waals surface area contributed by atoms with Gasteiger partial charge in [0.2, 0.25) is 5.91 Å². The highest BCUT2D eigenvalue weighted by Gasteiger charge is 2.22. The van der Waals surface area contributed by atoms with E-state index in [9.17, 15) is 4.79 Å². The highest BCUT2D eigenvalue weighted by molar-refractivity contribution is 7.99. The van der Waals surface area contributed by atoms with Gasteiger partial charge in [-0.15, -0.1) is 0 Å². The normalized spacial score (nSPS) is 23.6. The molecule has 4 nitrogen and oxygen atoms in total. The van der Waals surface area contributed by atoms with Gasteiger partial charge in [-0.1, -0.05) is 31.5 Å². The van der Waals surface area contributed by atoms with Crippen LogP contribution in [0.25, 0.3) is 0 Å². The van der Waals surface area contributed by atoms with Crippen LogP contribution in [0.5, 0.6) is 0 Å². The Labute approximate surface area is 112 Å². The molecule has 0 aromatic carbocycles. The van der Waals surface area contributed by atoms with Crippen LogP contribution in [-0.4, -0.2) is 27.7 Å². The molecular weight excluding hydrogens is 246 g/mol. The number of carbonyl (C=O) groups excluding carboxylic acids is 1. The molecule has 1 aliphatic rings. The minimum absolute atomic E-state index is 0.0891. The van der Waals surface area contributed by atoms with Crippen LogP contribution >= 0.6 is 11.8 Å². The summed E-state index contributed by atoms with van der Waals surface area (Å²) in [4.78, 5) is 20.0. The second-order valence-corrected chi connectivity index (χ2v) is 5.70. The third-order valence-corrected chi connectivity index (χ3v) is 4.21. The number of nitrogens with zero attached hydrogens (tertiary/aromatic N) is 2. The van der Waals surface area contributed by atoms with Gasteiger partial charge in [0.1, 0.15) is 0 Å². The summed E-state index contributed by atoms with van der Waals surface area (Å²) in [6, 6.07) is 2.12. The predicted octanol–water partition coefficient (Wildman–Crippen LogP) is 2.26. The van der Waals surface area contributed by atoms with E-state index in [0.29, 0.717) is 22.9 Å². The molecule has 5 heteroatoms. The minimum atomic E-state index is 0.0891. The molecule has 1 saturated carbocycles. The number of hydrogen-bond acceptors (Lipinski definition) is 4. The molecule has 1 aromatic rings. The first kappa shape index (κ1) is 13.3. The van der Waals surface area contributed by atoms with Crippen molar-refractivity contribution < 1.29 is 4.79 Å². The smallest absolute Gasteiger partial charge is 0.230 e. The van der Waals surface area contributed by atoms with E-state index in [1.807, 2.05) is 0 Å². The molecule has 1 amide bonds. The minimum Gasteiger partial charge on any atom is -0.352 e. The molecule has 2 atom stereocenters. The Kier molecular flexibility index (Phi) is 4.99. The van der Waals surface area contributed by atoms with Gasteiger partial charge < -0.3 is 5.32 Å². The van der Waals surface area contributed by atoms with Crippen LogP contribution in [-0.2, 0) is 4.79 Å². The SMILES string of the molecule is C[C@H]1CCCC[C@H]1NC(=O)CSc1ncccn1. The van der Waals surface area contributed by atoms with Crippen molar-refractivity contribution in [3.05, 3.63) is 18.5 Å². The molecule has 2 rings (SSSR count). The van der Waals surface area contributed by atoms with Gasteiger partial charge in [-0.3, -0.25) is 4.79 Å². The monoisotopic (exact) mass is 265 g/mol. The van der Waals surface area contributed by atoms with Crippen LogP contribution in [0.2, 0.25) is 0 Å². The van der Waals surface area contributed by atoms with Gasteiger partial charge in [-0.2, -0.15) is 0 Å². The number of thioether (sulfide) groups is 1. The Morgan fingerprint density at radius 1 is 1.39 bits per heavy atom. The fraction of sp³-hybridized carbons (Fsp3) is 0.615. The molecular formula is C13H19N3OS. The lowest BCUT2D eigenvalue weighted by atomic mass is 9.86. The lowest BCUT2D eigenvalue weighted by molar-refractivity contribution is -0.119. The van der Waals surface area contributed by atoms with Gasteiger partial charge >= 0.3 is 0 Å². The number of amides is 1. The molecule has 1 aromatic heterocycles. The Morgan fingerprint density at radius 3 is 2.83 bits per heavy atom.